The van der Waals surface area contributed by atoms with Gasteiger partial charge in [0.25, 0.3) is 0 Å². The van der Waals surface area contributed by atoms with E-state index >= 15 is 0 Å². The summed E-state index contributed by atoms with van der Waals surface area (Å²) in [6.07, 6.45) is 3.85. The summed E-state index contributed by atoms with van der Waals surface area (Å²) in [6.45, 7) is 6.30. The highest BCUT2D eigenvalue weighted by Crippen LogP contribution is 2.36. The van der Waals surface area contributed by atoms with Crippen LogP contribution in [0.3, 0.4) is 0 Å². The summed E-state index contributed by atoms with van der Waals surface area (Å²) < 4.78 is 24.9. The van der Waals surface area contributed by atoms with E-state index in [0.717, 1.165) is 68.7 Å². The molecule has 0 fully saturated rings. The molecular weight excluding hydrogens is 535 g/mol. The first-order valence-electron chi connectivity index (χ1n) is 14.6. The monoisotopic (exact) mass is 566 g/mol. The third kappa shape index (κ3) is 4.85. The average Bonchev–Trinajstić information content (AvgIpc) is 3.50. The van der Waals surface area contributed by atoms with Crippen molar-refractivity contribution in [3.8, 4) is 34.1 Å². The largest absolute Gasteiger partial charge is 0.457 e. The molecule has 0 N–H and O–H groups in total. The third-order valence-corrected chi connectivity index (χ3v) is 7.93. The minimum atomic E-state index is -0.268. The summed E-state index contributed by atoms with van der Waals surface area (Å²) in [6, 6.07) is 33.3. The fraction of sp³-hybridized carbons (Fsp3) is 0.135. The highest BCUT2D eigenvalue weighted by Gasteiger charge is 2.17. The number of rotatable bonds is 7. The van der Waals surface area contributed by atoms with Crippen molar-refractivity contribution in [1.82, 2.24) is 19.3 Å². The number of hydrogen-bond donors (Lipinski definition) is 0. The molecule has 4 aromatic carbocycles. The number of aryl methyl sites for hydroxylation is 2. The summed E-state index contributed by atoms with van der Waals surface area (Å²) in [5.74, 6) is 1.91. The molecule has 7 aromatic rings. The van der Waals surface area contributed by atoms with Crippen molar-refractivity contribution in [1.29, 1.82) is 0 Å². The molecule has 0 aliphatic rings. The van der Waals surface area contributed by atoms with E-state index in [-0.39, 0.29) is 5.82 Å². The average molecular weight is 567 g/mol. The first kappa shape index (κ1) is 26.7. The lowest BCUT2D eigenvalue weighted by Gasteiger charge is -2.11. The van der Waals surface area contributed by atoms with Crippen molar-refractivity contribution in [2.45, 2.75) is 33.6 Å². The molecular formula is C37H31FN4O. The van der Waals surface area contributed by atoms with Crippen molar-refractivity contribution < 1.29 is 9.13 Å². The Morgan fingerprint density at radius 3 is 2.44 bits per heavy atom. The van der Waals surface area contributed by atoms with Crippen molar-refractivity contribution in [3.63, 3.8) is 0 Å². The van der Waals surface area contributed by atoms with Crippen LogP contribution in [0.15, 0.2) is 109 Å². The molecule has 43 heavy (non-hydrogen) atoms. The van der Waals surface area contributed by atoms with Crippen molar-refractivity contribution >= 4 is 21.8 Å². The van der Waals surface area contributed by atoms with E-state index in [9.17, 15) is 4.39 Å². The fourth-order valence-electron chi connectivity index (χ4n) is 6.04. The molecule has 5 nitrogen and oxygen atoms in total. The minimum Gasteiger partial charge on any atom is -0.457 e. The van der Waals surface area contributed by atoms with Gasteiger partial charge in [-0.15, -0.1) is 0 Å². The van der Waals surface area contributed by atoms with Gasteiger partial charge < -0.3 is 4.74 Å². The normalized spacial score (nSPS) is 11.4. The van der Waals surface area contributed by atoms with Gasteiger partial charge in [0, 0.05) is 40.4 Å². The lowest BCUT2D eigenvalue weighted by atomic mass is 10.0. The Morgan fingerprint density at radius 2 is 1.60 bits per heavy atom. The van der Waals surface area contributed by atoms with Gasteiger partial charge in [0.1, 0.15) is 23.1 Å². The fourth-order valence-corrected chi connectivity index (χ4v) is 6.04. The maximum absolute atomic E-state index is 14.4. The highest BCUT2D eigenvalue weighted by molar-refractivity contribution is 6.09. The third-order valence-electron chi connectivity index (χ3n) is 7.93. The van der Waals surface area contributed by atoms with Gasteiger partial charge in [-0.3, -0.25) is 4.57 Å². The van der Waals surface area contributed by atoms with Gasteiger partial charge >= 0.3 is 0 Å². The number of benzene rings is 4. The Bertz CT molecular complexity index is 2110. The van der Waals surface area contributed by atoms with E-state index in [0.29, 0.717) is 11.5 Å². The predicted octanol–water partition coefficient (Wildman–Crippen LogP) is 9.53. The van der Waals surface area contributed by atoms with E-state index < -0.39 is 0 Å². The Kier molecular flexibility index (Phi) is 6.74. The molecule has 6 heteroatoms. The molecule has 0 saturated heterocycles. The van der Waals surface area contributed by atoms with Gasteiger partial charge in [0.2, 0.25) is 0 Å². The zero-order valence-electron chi connectivity index (χ0n) is 24.4. The smallest absolute Gasteiger partial charge is 0.137 e. The molecule has 3 aromatic heterocycles. The number of ether oxygens (including phenoxy) is 1. The maximum Gasteiger partial charge on any atom is 0.137 e. The SMILES string of the molecule is CCCc1ccnc(-n2c3ccc(F)cc3c3ccc(Oc4cccc(-n5nc(C)c(-c6ccccc6)c5C)c4)cc32)c1. The molecule has 0 bridgehead atoms. The van der Waals surface area contributed by atoms with Gasteiger partial charge in [-0.1, -0.05) is 49.7 Å². The molecule has 0 aliphatic heterocycles. The van der Waals surface area contributed by atoms with Crippen LogP contribution >= 0.6 is 0 Å². The summed E-state index contributed by atoms with van der Waals surface area (Å²) >= 11 is 0. The summed E-state index contributed by atoms with van der Waals surface area (Å²) in [4.78, 5) is 4.70. The van der Waals surface area contributed by atoms with Crippen LogP contribution in [0.25, 0.3) is 44.4 Å². The number of halogens is 1. The van der Waals surface area contributed by atoms with E-state index in [1.54, 1.807) is 6.07 Å². The first-order valence-corrected chi connectivity index (χ1v) is 14.6. The van der Waals surface area contributed by atoms with E-state index in [1.165, 1.54) is 11.6 Å². The second-order valence-electron chi connectivity index (χ2n) is 10.9. The van der Waals surface area contributed by atoms with Gasteiger partial charge in [0.15, 0.2) is 0 Å². The number of hydrogen-bond acceptors (Lipinski definition) is 3. The van der Waals surface area contributed by atoms with Crippen LogP contribution in [-0.4, -0.2) is 19.3 Å². The number of aromatic nitrogens is 4. The predicted molar refractivity (Wildman–Crippen MR) is 171 cm³/mol. The highest BCUT2D eigenvalue weighted by atomic mass is 19.1. The topological polar surface area (TPSA) is 44.9 Å². The quantitative estimate of drug-likeness (QED) is 0.193. The van der Waals surface area contributed by atoms with Gasteiger partial charge in [-0.25, -0.2) is 14.1 Å². The van der Waals surface area contributed by atoms with Gasteiger partial charge in [-0.2, -0.15) is 5.10 Å². The minimum absolute atomic E-state index is 0.268. The lowest BCUT2D eigenvalue weighted by molar-refractivity contribution is 0.482. The van der Waals surface area contributed by atoms with Crippen LogP contribution in [0.2, 0.25) is 0 Å². The molecule has 0 radical (unpaired) electrons. The number of fused-ring (bicyclic) bond motifs is 3. The number of pyridine rings is 1. The van der Waals surface area contributed by atoms with E-state index in [1.807, 2.05) is 90.6 Å². The zero-order chi connectivity index (χ0) is 29.5. The molecule has 7 rings (SSSR count). The molecule has 0 saturated carbocycles. The van der Waals surface area contributed by atoms with Crippen molar-refractivity contribution in [3.05, 3.63) is 132 Å². The second kappa shape index (κ2) is 10.9. The van der Waals surface area contributed by atoms with Crippen LogP contribution in [-0.2, 0) is 6.42 Å². The Labute approximate surface area is 249 Å². The Balaban J connectivity index is 1.29. The van der Waals surface area contributed by atoms with Gasteiger partial charge in [0.05, 0.1) is 22.4 Å². The van der Waals surface area contributed by atoms with Crippen molar-refractivity contribution in [2.24, 2.45) is 0 Å². The molecule has 3 heterocycles. The summed E-state index contributed by atoms with van der Waals surface area (Å²) in [5.41, 5.74) is 8.26. The van der Waals surface area contributed by atoms with E-state index in [2.05, 4.69) is 36.6 Å². The molecule has 0 aliphatic carbocycles. The molecule has 0 atom stereocenters. The standard InChI is InChI=1S/C37H31FN4O/c1-4-9-26-18-19-39-36(20-26)41-34-17-14-28(38)21-33(34)32-16-15-31(23-35(32)41)43-30-13-8-12-29(22-30)42-25(3)37(24(2)40-42)27-10-6-5-7-11-27/h5-8,10-23H,4,9H2,1-3H3. The van der Waals surface area contributed by atoms with Crippen LogP contribution in [0.4, 0.5) is 4.39 Å². The number of nitrogens with zero attached hydrogens (tertiary/aromatic N) is 4. The lowest BCUT2D eigenvalue weighted by Crippen LogP contribution is -2.00. The van der Waals surface area contributed by atoms with Gasteiger partial charge in [-0.05, 0) is 86.0 Å². The molecule has 212 valence electrons. The molecule has 0 spiro atoms. The van der Waals surface area contributed by atoms with Crippen LogP contribution in [0.5, 0.6) is 11.5 Å². The molecule has 0 amide bonds. The van der Waals surface area contributed by atoms with Crippen molar-refractivity contribution in [2.75, 3.05) is 0 Å². The first-order chi connectivity index (χ1) is 21.0. The summed E-state index contributed by atoms with van der Waals surface area (Å²) in [5, 5.41) is 6.64. The maximum atomic E-state index is 14.4. The van der Waals surface area contributed by atoms with Crippen LogP contribution < -0.4 is 4.74 Å². The Hall–Kier alpha value is -5.23. The second-order valence-corrected chi connectivity index (χ2v) is 10.9. The molecule has 0 unspecified atom stereocenters. The summed E-state index contributed by atoms with van der Waals surface area (Å²) in [7, 11) is 0. The Morgan fingerprint density at radius 1 is 0.767 bits per heavy atom. The zero-order valence-corrected chi connectivity index (χ0v) is 24.4. The van der Waals surface area contributed by atoms with E-state index in [4.69, 9.17) is 14.8 Å². The van der Waals surface area contributed by atoms with Crippen LogP contribution in [0.1, 0.15) is 30.3 Å². The van der Waals surface area contributed by atoms with Crippen LogP contribution in [0, 0.1) is 19.7 Å².